The molecule has 2 saturated heterocycles. The zero-order valence-electron chi connectivity index (χ0n) is 10.9. The number of sulfonamides is 1. The number of carbonyl (C=O) groups excluding carboxylic acids is 1. The molecule has 0 spiro atoms. The van der Waals surface area contributed by atoms with E-state index in [1.807, 2.05) is 0 Å². The molecule has 0 aromatic heterocycles. The molecule has 0 amide bonds. The van der Waals surface area contributed by atoms with Gasteiger partial charge in [-0.05, 0) is 12.8 Å². The zero-order chi connectivity index (χ0) is 13.9. The van der Waals surface area contributed by atoms with Gasteiger partial charge in [0.25, 0.3) is 0 Å². The van der Waals surface area contributed by atoms with Crippen LogP contribution in [0.4, 0.5) is 0 Å². The van der Waals surface area contributed by atoms with E-state index in [-0.39, 0.29) is 19.7 Å². The van der Waals surface area contributed by atoms with Gasteiger partial charge in [0.1, 0.15) is 0 Å². The number of esters is 1. The van der Waals surface area contributed by atoms with Crippen LogP contribution in [-0.4, -0.2) is 70.1 Å². The number of ether oxygens (including phenoxy) is 3. The molecule has 2 aliphatic heterocycles. The predicted molar refractivity (Wildman–Crippen MR) is 66.1 cm³/mol. The minimum atomic E-state index is -3.39. The SMILES string of the molecule is COC(=O)C1CN(S(=O)(=O)C2CCOCC2)CCO1. The lowest BCUT2D eigenvalue weighted by molar-refractivity contribution is -0.157. The first-order chi connectivity index (χ1) is 9.05. The highest BCUT2D eigenvalue weighted by Crippen LogP contribution is 2.22. The summed E-state index contributed by atoms with van der Waals surface area (Å²) in [5.74, 6) is -0.535. The van der Waals surface area contributed by atoms with Gasteiger partial charge in [-0.1, -0.05) is 0 Å². The minimum absolute atomic E-state index is 0.0341. The quantitative estimate of drug-likeness (QED) is 0.644. The summed E-state index contributed by atoms with van der Waals surface area (Å²) >= 11 is 0. The van der Waals surface area contributed by atoms with Gasteiger partial charge in [0.2, 0.25) is 10.0 Å². The lowest BCUT2D eigenvalue weighted by atomic mass is 10.2. The van der Waals surface area contributed by atoms with Crippen LogP contribution in [-0.2, 0) is 29.0 Å². The summed E-state index contributed by atoms with van der Waals surface area (Å²) in [6, 6.07) is 0. The molecule has 0 radical (unpaired) electrons. The van der Waals surface area contributed by atoms with Crippen LogP contribution in [0.15, 0.2) is 0 Å². The first kappa shape index (κ1) is 14.7. The van der Waals surface area contributed by atoms with E-state index in [9.17, 15) is 13.2 Å². The van der Waals surface area contributed by atoms with E-state index in [1.54, 1.807) is 0 Å². The first-order valence-corrected chi connectivity index (χ1v) is 7.82. The molecule has 2 aliphatic rings. The van der Waals surface area contributed by atoms with E-state index < -0.39 is 27.3 Å². The summed E-state index contributed by atoms with van der Waals surface area (Å²) in [6.45, 7) is 1.46. The molecule has 0 aromatic carbocycles. The lowest BCUT2D eigenvalue weighted by Gasteiger charge is -2.34. The summed E-state index contributed by atoms with van der Waals surface area (Å²) in [4.78, 5) is 11.4. The number of rotatable bonds is 3. The van der Waals surface area contributed by atoms with Gasteiger partial charge in [0.15, 0.2) is 6.10 Å². The van der Waals surface area contributed by atoms with Crippen molar-refractivity contribution >= 4 is 16.0 Å². The average molecular weight is 293 g/mol. The second kappa shape index (κ2) is 6.17. The van der Waals surface area contributed by atoms with Crippen LogP contribution in [0.25, 0.3) is 0 Å². The van der Waals surface area contributed by atoms with Crippen molar-refractivity contribution in [2.45, 2.75) is 24.2 Å². The molecular formula is C11H19NO6S. The van der Waals surface area contributed by atoms with Gasteiger partial charge >= 0.3 is 5.97 Å². The number of hydrogen-bond acceptors (Lipinski definition) is 6. The Balaban J connectivity index is 2.05. The largest absolute Gasteiger partial charge is 0.467 e. The Morgan fingerprint density at radius 1 is 1.26 bits per heavy atom. The summed E-state index contributed by atoms with van der Waals surface area (Å²) < 4.78 is 41.3. The van der Waals surface area contributed by atoms with Gasteiger partial charge in [0.05, 0.1) is 25.5 Å². The molecule has 110 valence electrons. The smallest absolute Gasteiger partial charge is 0.336 e. The molecule has 2 rings (SSSR count). The Kier molecular flexibility index (Phi) is 4.77. The van der Waals surface area contributed by atoms with Gasteiger partial charge < -0.3 is 14.2 Å². The maximum absolute atomic E-state index is 12.5. The van der Waals surface area contributed by atoms with Gasteiger partial charge in [-0.2, -0.15) is 4.31 Å². The Labute approximate surface area is 112 Å². The maximum atomic E-state index is 12.5. The fraction of sp³-hybridized carbons (Fsp3) is 0.909. The highest BCUT2D eigenvalue weighted by atomic mass is 32.2. The van der Waals surface area contributed by atoms with Gasteiger partial charge in [-0.15, -0.1) is 0 Å². The molecule has 1 unspecified atom stereocenters. The lowest BCUT2D eigenvalue weighted by Crippen LogP contribution is -2.52. The molecule has 0 aliphatic carbocycles. The van der Waals surface area contributed by atoms with Crippen molar-refractivity contribution < 1.29 is 27.4 Å². The summed E-state index contributed by atoms with van der Waals surface area (Å²) in [7, 11) is -2.13. The van der Waals surface area contributed by atoms with Crippen LogP contribution >= 0.6 is 0 Å². The fourth-order valence-electron chi connectivity index (χ4n) is 2.32. The minimum Gasteiger partial charge on any atom is -0.467 e. The van der Waals surface area contributed by atoms with Gasteiger partial charge in [-0.3, -0.25) is 0 Å². The highest BCUT2D eigenvalue weighted by molar-refractivity contribution is 7.89. The molecule has 8 heteroatoms. The molecule has 7 nitrogen and oxygen atoms in total. The van der Waals surface area contributed by atoms with Crippen molar-refractivity contribution in [3.05, 3.63) is 0 Å². The third kappa shape index (κ3) is 3.25. The van der Waals surface area contributed by atoms with Crippen LogP contribution in [0.2, 0.25) is 0 Å². The number of carbonyl (C=O) groups is 1. The standard InChI is InChI=1S/C11H19NO6S/c1-16-11(13)10-8-12(4-7-18-10)19(14,15)9-2-5-17-6-3-9/h9-10H,2-8H2,1H3. The molecule has 2 heterocycles. The molecular weight excluding hydrogens is 274 g/mol. The number of morpholine rings is 1. The van der Waals surface area contributed by atoms with Crippen LogP contribution in [0, 0.1) is 0 Å². The fourth-order valence-corrected chi connectivity index (χ4v) is 4.20. The topological polar surface area (TPSA) is 82.1 Å². The monoisotopic (exact) mass is 293 g/mol. The van der Waals surface area contributed by atoms with E-state index in [2.05, 4.69) is 4.74 Å². The van der Waals surface area contributed by atoms with Crippen molar-refractivity contribution in [3.8, 4) is 0 Å². The Hall–Kier alpha value is -0.700. The molecule has 2 fully saturated rings. The number of nitrogens with zero attached hydrogens (tertiary/aromatic N) is 1. The molecule has 0 saturated carbocycles. The number of methoxy groups -OCH3 is 1. The molecule has 0 N–H and O–H groups in total. The van der Waals surface area contributed by atoms with Crippen LogP contribution in [0.1, 0.15) is 12.8 Å². The zero-order valence-corrected chi connectivity index (χ0v) is 11.7. The Bertz CT molecular complexity index is 417. The third-order valence-corrected chi connectivity index (χ3v) is 5.81. The second-order valence-electron chi connectivity index (χ2n) is 4.60. The van der Waals surface area contributed by atoms with E-state index in [1.165, 1.54) is 11.4 Å². The molecule has 0 aromatic rings. The van der Waals surface area contributed by atoms with Gasteiger partial charge in [-0.25, -0.2) is 13.2 Å². The van der Waals surface area contributed by atoms with Crippen molar-refractivity contribution in [3.63, 3.8) is 0 Å². The Morgan fingerprint density at radius 3 is 2.58 bits per heavy atom. The van der Waals surface area contributed by atoms with Crippen molar-refractivity contribution in [1.29, 1.82) is 0 Å². The summed E-state index contributed by atoms with van der Waals surface area (Å²) in [6.07, 6.45) is 0.180. The third-order valence-electron chi connectivity index (χ3n) is 3.44. The van der Waals surface area contributed by atoms with Crippen molar-refractivity contribution in [2.75, 3.05) is 40.0 Å². The second-order valence-corrected chi connectivity index (χ2v) is 6.81. The van der Waals surface area contributed by atoms with Gasteiger partial charge in [0, 0.05) is 19.8 Å². The summed E-state index contributed by atoms with van der Waals surface area (Å²) in [5.41, 5.74) is 0. The highest BCUT2D eigenvalue weighted by Gasteiger charge is 2.38. The van der Waals surface area contributed by atoms with Crippen LogP contribution in [0.5, 0.6) is 0 Å². The van der Waals surface area contributed by atoms with Crippen LogP contribution in [0.3, 0.4) is 0 Å². The van der Waals surface area contributed by atoms with E-state index in [4.69, 9.17) is 9.47 Å². The summed E-state index contributed by atoms with van der Waals surface area (Å²) in [5, 5.41) is -0.419. The van der Waals surface area contributed by atoms with Crippen molar-refractivity contribution in [1.82, 2.24) is 4.31 Å². The molecule has 0 bridgehead atoms. The molecule has 19 heavy (non-hydrogen) atoms. The Morgan fingerprint density at radius 2 is 1.95 bits per heavy atom. The van der Waals surface area contributed by atoms with Crippen LogP contribution < -0.4 is 0 Å². The predicted octanol–water partition coefficient (Wildman–Crippen LogP) is -0.631. The average Bonchev–Trinajstić information content (AvgIpc) is 2.47. The maximum Gasteiger partial charge on any atom is 0.336 e. The van der Waals surface area contributed by atoms with E-state index in [0.29, 0.717) is 26.1 Å². The van der Waals surface area contributed by atoms with E-state index in [0.717, 1.165) is 0 Å². The first-order valence-electron chi connectivity index (χ1n) is 6.32. The van der Waals surface area contributed by atoms with E-state index >= 15 is 0 Å². The van der Waals surface area contributed by atoms with Crippen molar-refractivity contribution in [2.24, 2.45) is 0 Å². The normalized spacial score (nSPS) is 27.1. The molecule has 1 atom stereocenters. The number of hydrogen-bond donors (Lipinski definition) is 0.